The number of aliphatic hydroxyl groups excluding tert-OH is 2. The standard InChI is InChI=1S/C23H38O5/c1-2-3-4-5-6-7-8-9-10-12-21(24)22(25)13-11-18-28-20-16-14-19(15-17-20)23(26)27/h14-17,21-22,24-25H,2-13,18H2,1H3,(H,26,27). The van der Waals surface area contributed by atoms with E-state index in [1.807, 2.05) is 0 Å². The van der Waals surface area contributed by atoms with Crippen LogP contribution < -0.4 is 4.74 Å². The lowest BCUT2D eigenvalue weighted by Gasteiger charge is -2.17. The van der Waals surface area contributed by atoms with E-state index in [1.54, 1.807) is 12.1 Å². The van der Waals surface area contributed by atoms with E-state index >= 15 is 0 Å². The molecule has 0 aliphatic carbocycles. The molecule has 0 saturated carbocycles. The first-order valence-electron chi connectivity index (χ1n) is 10.9. The summed E-state index contributed by atoms with van der Waals surface area (Å²) in [6.45, 7) is 2.66. The predicted molar refractivity (Wildman–Crippen MR) is 112 cm³/mol. The quantitative estimate of drug-likeness (QED) is 0.317. The molecule has 1 rings (SSSR count). The van der Waals surface area contributed by atoms with Crippen LogP contribution in [-0.2, 0) is 0 Å². The van der Waals surface area contributed by atoms with Crippen LogP contribution in [0.4, 0.5) is 0 Å². The van der Waals surface area contributed by atoms with Crippen LogP contribution in [0.25, 0.3) is 0 Å². The summed E-state index contributed by atoms with van der Waals surface area (Å²) in [5.74, 6) is -0.356. The van der Waals surface area contributed by atoms with E-state index in [9.17, 15) is 15.0 Å². The number of rotatable bonds is 17. The molecule has 5 heteroatoms. The van der Waals surface area contributed by atoms with Gasteiger partial charge in [-0.3, -0.25) is 0 Å². The van der Waals surface area contributed by atoms with Crippen LogP contribution in [0.5, 0.6) is 5.75 Å². The Kier molecular flexibility index (Phi) is 13.4. The zero-order valence-electron chi connectivity index (χ0n) is 17.3. The summed E-state index contributed by atoms with van der Waals surface area (Å²) in [7, 11) is 0. The number of benzene rings is 1. The molecule has 0 radical (unpaired) electrons. The van der Waals surface area contributed by atoms with E-state index in [0.29, 0.717) is 31.6 Å². The van der Waals surface area contributed by atoms with Gasteiger partial charge in [0.1, 0.15) is 5.75 Å². The highest BCUT2D eigenvalue weighted by molar-refractivity contribution is 5.87. The number of unbranched alkanes of at least 4 members (excludes halogenated alkanes) is 8. The number of hydrogen-bond donors (Lipinski definition) is 3. The van der Waals surface area contributed by atoms with Gasteiger partial charge >= 0.3 is 5.97 Å². The van der Waals surface area contributed by atoms with E-state index in [4.69, 9.17) is 9.84 Å². The Hall–Kier alpha value is -1.59. The van der Waals surface area contributed by atoms with Crippen molar-refractivity contribution in [3.63, 3.8) is 0 Å². The highest BCUT2D eigenvalue weighted by atomic mass is 16.5. The smallest absolute Gasteiger partial charge is 0.335 e. The van der Waals surface area contributed by atoms with Gasteiger partial charge < -0.3 is 20.1 Å². The van der Waals surface area contributed by atoms with Gasteiger partial charge in [0.2, 0.25) is 0 Å². The summed E-state index contributed by atoms with van der Waals surface area (Å²) in [5, 5.41) is 29.0. The first-order chi connectivity index (χ1) is 13.5. The second kappa shape index (κ2) is 15.3. The zero-order chi connectivity index (χ0) is 20.6. The van der Waals surface area contributed by atoms with Gasteiger partial charge in [0.05, 0.1) is 24.4 Å². The summed E-state index contributed by atoms with van der Waals surface area (Å²) in [6.07, 6.45) is 11.6. The number of carboxylic acids is 1. The Labute approximate surface area is 169 Å². The molecule has 1 aromatic carbocycles. The van der Waals surface area contributed by atoms with Crippen molar-refractivity contribution in [2.75, 3.05) is 6.61 Å². The van der Waals surface area contributed by atoms with Gasteiger partial charge in [-0.25, -0.2) is 4.79 Å². The molecule has 0 saturated heterocycles. The monoisotopic (exact) mass is 394 g/mol. The van der Waals surface area contributed by atoms with Crippen LogP contribution in [0, 0.1) is 0 Å². The van der Waals surface area contributed by atoms with Crippen LogP contribution in [0.15, 0.2) is 24.3 Å². The van der Waals surface area contributed by atoms with Gasteiger partial charge in [-0.2, -0.15) is 0 Å². The lowest BCUT2D eigenvalue weighted by Crippen LogP contribution is -2.26. The first kappa shape index (κ1) is 24.4. The third-order valence-corrected chi connectivity index (χ3v) is 5.06. The molecule has 0 aliphatic rings. The molecule has 0 amide bonds. The maximum atomic E-state index is 10.8. The largest absolute Gasteiger partial charge is 0.494 e. The molecule has 3 N–H and O–H groups in total. The summed E-state index contributed by atoms with van der Waals surface area (Å²) in [4.78, 5) is 10.8. The molecule has 0 fully saturated rings. The van der Waals surface area contributed by atoms with Crippen molar-refractivity contribution in [2.45, 2.75) is 96.2 Å². The summed E-state index contributed by atoms with van der Waals surface area (Å²) in [5.41, 5.74) is 0.224. The summed E-state index contributed by atoms with van der Waals surface area (Å²) >= 11 is 0. The zero-order valence-corrected chi connectivity index (χ0v) is 17.3. The molecule has 0 spiro atoms. The Bertz CT molecular complexity index is 514. The normalized spacial score (nSPS) is 13.2. The lowest BCUT2D eigenvalue weighted by atomic mass is 10.0. The van der Waals surface area contributed by atoms with Crippen LogP contribution in [-0.4, -0.2) is 40.1 Å². The summed E-state index contributed by atoms with van der Waals surface area (Å²) < 4.78 is 5.55. The van der Waals surface area contributed by atoms with E-state index < -0.39 is 18.2 Å². The third kappa shape index (κ3) is 11.3. The molecule has 2 atom stereocenters. The molecule has 0 bridgehead atoms. The minimum atomic E-state index is -0.962. The van der Waals surface area contributed by atoms with Crippen molar-refractivity contribution < 1.29 is 24.9 Å². The van der Waals surface area contributed by atoms with Gasteiger partial charge in [0.25, 0.3) is 0 Å². The molecular formula is C23H38O5. The average Bonchev–Trinajstić information content (AvgIpc) is 2.70. The maximum Gasteiger partial charge on any atom is 0.335 e. The van der Waals surface area contributed by atoms with Crippen molar-refractivity contribution in [1.29, 1.82) is 0 Å². The summed E-state index contributed by atoms with van der Waals surface area (Å²) in [6, 6.07) is 6.25. The Morgan fingerprint density at radius 3 is 1.86 bits per heavy atom. The van der Waals surface area contributed by atoms with E-state index in [2.05, 4.69) is 6.92 Å². The van der Waals surface area contributed by atoms with E-state index in [-0.39, 0.29) is 5.56 Å². The number of carboxylic acid groups (broad SMARTS) is 1. The Morgan fingerprint density at radius 1 is 0.821 bits per heavy atom. The maximum absolute atomic E-state index is 10.8. The number of ether oxygens (including phenoxy) is 1. The minimum Gasteiger partial charge on any atom is -0.494 e. The van der Waals surface area contributed by atoms with Gasteiger partial charge in [0, 0.05) is 0 Å². The van der Waals surface area contributed by atoms with Gasteiger partial charge in [-0.15, -0.1) is 0 Å². The molecule has 28 heavy (non-hydrogen) atoms. The fourth-order valence-electron chi connectivity index (χ4n) is 3.23. The highest BCUT2D eigenvalue weighted by Gasteiger charge is 2.15. The number of carbonyl (C=O) groups is 1. The number of hydrogen-bond acceptors (Lipinski definition) is 4. The fourth-order valence-corrected chi connectivity index (χ4v) is 3.23. The van der Waals surface area contributed by atoms with Crippen molar-refractivity contribution in [3.05, 3.63) is 29.8 Å². The van der Waals surface area contributed by atoms with E-state index in [1.165, 1.54) is 57.1 Å². The molecule has 0 heterocycles. The minimum absolute atomic E-state index is 0.224. The van der Waals surface area contributed by atoms with Crippen LogP contribution in [0.2, 0.25) is 0 Å². The molecule has 0 aromatic heterocycles. The third-order valence-electron chi connectivity index (χ3n) is 5.06. The molecule has 1 aromatic rings. The van der Waals surface area contributed by atoms with E-state index in [0.717, 1.165) is 12.8 Å². The van der Waals surface area contributed by atoms with Gasteiger partial charge in [-0.1, -0.05) is 64.7 Å². The number of aromatic carboxylic acids is 1. The van der Waals surface area contributed by atoms with Gasteiger partial charge in [0.15, 0.2) is 0 Å². The first-order valence-corrected chi connectivity index (χ1v) is 10.9. The Morgan fingerprint density at radius 2 is 1.32 bits per heavy atom. The predicted octanol–water partition coefficient (Wildman–Crippen LogP) is 5.19. The lowest BCUT2D eigenvalue weighted by molar-refractivity contribution is 0.00571. The SMILES string of the molecule is CCCCCCCCCCCC(O)C(O)CCCOc1ccc(C(=O)O)cc1. The molecular weight excluding hydrogens is 356 g/mol. The molecule has 160 valence electrons. The highest BCUT2D eigenvalue weighted by Crippen LogP contribution is 2.15. The Balaban J connectivity index is 2.02. The topological polar surface area (TPSA) is 87.0 Å². The van der Waals surface area contributed by atoms with Gasteiger partial charge in [-0.05, 0) is 43.5 Å². The molecule has 0 aliphatic heterocycles. The van der Waals surface area contributed by atoms with Crippen molar-refractivity contribution >= 4 is 5.97 Å². The number of aliphatic hydroxyl groups is 2. The molecule has 5 nitrogen and oxygen atoms in total. The van der Waals surface area contributed by atoms with Crippen LogP contribution >= 0.6 is 0 Å². The molecule has 2 unspecified atom stereocenters. The van der Waals surface area contributed by atoms with Crippen LogP contribution in [0.3, 0.4) is 0 Å². The average molecular weight is 395 g/mol. The van der Waals surface area contributed by atoms with Crippen LogP contribution in [0.1, 0.15) is 94.3 Å². The van der Waals surface area contributed by atoms with Crippen molar-refractivity contribution in [3.8, 4) is 5.75 Å². The second-order valence-electron chi connectivity index (χ2n) is 7.57. The van der Waals surface area contributed by atoms with Crippen molar-refractivity contribution in [1.82, 2.24) is 0 Å². The fraction of sp³-hybridized carbons (Fsp3) is 0.696. The second-order valence-corrected chi connectivity index (χ2v) is 7.57. The van der Waals surface area contributed by atoms with Crippen molar-refractivity contribution in [2.24, 2.45) is 0 Å².